The predicted octanol–water partition coefficient (Wildman–Crippen LogP) is 6.52. The van der Waals surface area contributed by atoms with E-state index in [1.165, 1.54) is 57.8 Å². The summed E-state index contributed by atoms with van der Waals surface area (Å²) < 4.78 is 0. The summed E-state index contributed by atoms with van der Waals surface area (Å²) in [5, 5.41) is 0. The highest BCUT2D eigenvalue weighted by Crippen LogP contribution is 2.45. The Morgan fingerprint density at radius 2 is 1.06 bits per heavy atom. The summed E-state index contributed by atoms with van der Waals surface area (Å²) >= 11 is 0. The fourth-order valence-electron chi connectivity index (χ4n) is 3.77. The molecule has 6 N–H and O–H groups in total. The van der Waals surface area contributed by atoms with Crippen LogP contribution in [0, 0.1) is 11.3 Å². The van der Waals surface area contributed by atoms with Crippen LogP contribution in [0.25, 0.3) is 0 Å². The molecule has 0 aromatic carbocycles. The van der Waals surface area contributed by atoms with Crippen molar-refractivity contribution < 1.29 is 0 Å². The monoisotopic (exact) mass is 260 g/mol. The summed E-state index contributed by atoms with van der Waals surface area (Å²) in [5.74, 6) is 0.970. The smallest absolute Gasteiger partial charge is 0.0270 e. The van der Waals surface area contributed by atoms with Crippen molar-refractivity contribution in [3.63, 3.8) is 0 Å². The van der Waals surface area contributed by atoms with E-state index in [1.54, 1.807) is 0 Å². The third kappa shape index (κ3) is 6.75. The molecule has 0 spiro atoms. The highest BCUT2D eigenvalue weighted by molar-refractivity contribution is 4.85. The third-order valence-electron chi connectivity index (χ3n) is 4.24. The lowest BCUT2D eigenvalue weighted by Gasteiger charge is -2.41. The van der Waals surface area contributed by atoms with Gasteiger partial charge in [0.2, 0.25) is 0 Å². The van der Waals surface area contributed by atoms with Crippen molar-refractivity contribution in [1.82, 2.24) is 12.3 Å². The maximum Gasteiger partial charge on any atom is -0.0270 e. The van der Waals surface area contributed by atoms with E-state index in [1.807, 2.05) is 0 Å². The molecular formula is C16H40N2. The third-order valence-corrected chi connectivity index (χ3v) is 4.24. The fourth-order valence-corrected chi connectivity index (χ4v) is 3.77. The highest BCUT2D eigenvalue weighted by atomic mass is 14.4. The molecule has 114 valence electrons. The van der Waals surface area contributed by atoms with Crippen LogP contribution in [0.4, 0.5) is 0 Å². The lowest BCUT2D eigenvalue weighted by atomic mass is 9.64. The molecule has 1 atom stereocenters. The van der Waals surface area contributed by atoms with E-state index in [9.17, 15) is 0 Å². The van der Waals surface area contributed by atoms with Gasteiger partial charge in [0.1, 0.15) is 0 Å². The van der Waals surface area contributed by atoms with Crippen molar-refractivity contribution in [3.8, 4) is 0 Å². The molecule has 0 saturated heterocycles. The molecule has 0 saturated carbocycles. The van der Waals surface area contributed by atoms with Crippen LogP contribution < -0.4 is 12.3 Å². The molecular weight excluding hydrogens is 220 g/mol. The van der Waals surface area contributed by atoms with Gasteiger partial charge in [0.25, 0.3) is 0 Å². The second-order valence-corrected chi connectivity index (χ2v) is 5.51. The molecule has 0 heterocycles. The largest absolute Gasteiger partial charge is 0.344 e. The summed E-state index contributed by atoms with van der Waals surface area (Å²) in [5.41, 5.74) is 0.670. The quantitative estimate of drug-likeness (QED) is 0.469. The van der Waals surface area contributed by atoms with Crippen LogP contribution >= 0.6 is 0 Å². The van der Waals surface area contributed by atoms with E-state index in [4.69, 9.17) is 0 Å². The van der Waals surface area contributed by atoms with E-state index in [0.29, 0.717) is 5.41 Å². The van der Waals surface area contributed by atoms with Crippen LogP contribution in [0.15, 0.2) is 0 Å². The SMILES string of the molecule is CCCC(CC)C(CCC)(CCC)CCC.N.N. The normalized spacial score (nSPS) is 12.5. The summed E-state index contributed by atoms with van der Waals surface area (Å²) in [4.78, 5) is 0. The maximum absolute atomic E-state index is 2.40. The molecule has 0 aliphatic carbocycles. The zero-order valence-electron chi connectivity index (χ0n) is 13.9. The summed E-state index contributed by atoms with van der Waals surface area (Å²) in [6, 6.07) is 0. The van der Waals surface area contributed by atoms with Crippen molar-refractivity contribution in [3.05, 3.63) is 0 Å². The molecule has 0 amide bonds. The van der Waals surface area contributed by atoms with Crippen molar-refractivity contribution in [1.29, 1.82) is 0 Å². The van der Waals surface area contributed by atoms with Crippen molar-refractivity contribution in [2.45, 2.75) is 92.4 Å². The molecule has 0 bridgehead atoms. The Kier molecular flexibility index (Phi) is 17.1. The molecule has 0 aliphatic rings. The first-order valence-corrected chi connectivity index (χ1v) is 7.70. The summed E-state index contributed by atoms with van der Waals surface area (Å²) in [6.45, 7) is 11.8. The first kappa shape index (κ1) is 23.0. The minimum absolute atomic E-state index is 0. The van der Waals surface area contributed by atoms with E-state index >= 15 is 0 Å². The molecule has 1 unspecified atom stereocenters. The van der Waals surface area contributed by atoms with Gasteiger partial charge in [-0.1, -0.05) is 73.1 Å². The van der Waals surface area contributed by atoms with E-state index in [0.717, 1.165) is 5.92 Å². The fraction of sp³-hybridized carbons (Fsp3) is 1.00. The lowest BCUT2D eigenvalue weighted by Crippen LogP contribution is -2.30. The lowest BCUT2D eigenvalue weighted by molar-refractivity contribution is 0.0970. The summed E-state index contributed by atoms with van der Waals surface area (Å²) in [7, 11) is 0. The van der Waals surface area contributed by atoms with Gasteiger partial charge in [-0.3, -0.25) is 0 Å². The maximum atomic E-state index is 2.40. The van der Waals surface area contributed by atoms with Gasteiger partial charge in [0.05, 0.1) is 0 Å². The van der Waals surface area contributed by atoms with Crippen LogP contribution in [-0.4, -0.2) is 0 Å². The van der Waals surface area contributed by atoms with Gasteiger partial charge in [-0.25, -0.2) is 0 Å². The van der Waals surface area contributed by atoms with Gasteiger partial charge < -0.3 is 12.3 Å². The Hall–Kier alpha value is -0.0800. The van der Waals surface area contributed by atoms with E-state index in [2.05, 4.69) is 34.6 Å². The number of hydrogen-bond donors (Lipinski definition) is 2. The van der Waals surface area contributed by atoms with Crippen molar-refractivity contribution >= 4 is 0 Å². The topological polar surface area (TPSA) is 70.0 Å². The Bertz CT molecular complexity index is 140. The van der Waals surface area contributed by atoms with Crippen LogP contribution in [0.1, 0.15) is 92.4 Å². The predicted molar refractivity (Wildman–Crippen MR) is 85.9 cm³/mol. The zero-order chi connectivity index (χ0) is 12.4. The average molecular weight is 261 g/mol. The molecule has 0 fully saturated rings. The van der Waals surface area contributed by atoms with Crippen LogP contribution in [0.2, 0.25) is 0 Å². The van der Waals surface area contributed by atoms with E-state index in [-0.39, 0.29) is 12.3 Å². The van der Waals surface area contributed by atoms with Gasteiger partial charge in [0, 0.05) is 0 Å². The Morgan fingerprint density at radius 1 is 0.667 bits per heavy atom. The molecule has 0 rings (SSSR count). The zero-order valence-corrected chi connectivity index (χ0v) is 13.9. The van der Waals surface area contributed by atoms with Crippen molar-refractivity contribution in [2.75, 3.05) is 0 Å². The minimum Gasteiger partial charge on any atom is -0.344 e. The van der Waals surface area contributed by atoms with Gasteiger partial charge >= 0.3 is 0 Å². The number of hydrogen-bond acceptors (Lipinski definition) is 2. The van der Waals surface area contributed by atoms with Gasteiger partial charge in [-0.05, 0) is 30.6 Å². The van der Waals surface area contributed by atoms with Crippen LogP contribution in [0.3, 0.4) is 0 Å². The Labute approximate surface area is 116 Å². The van der Waals surface area contributed by atoms with Gasteiger partial charge in [0.15, 0.2) is 0 Å². The highest BCUT2D eigenvalue weighted by Gasteiger charge is 2.34. The molecule has 0 aromatic rings. The number of rotatable bonds is 10. The van der Waals surface area contributed by atoms with Crippen LogP contribution in [0.5, 0.6) is 0 Å². The molecule has 18 heavy (non-hydrogen) atoms. The van der Waals surface area contributed by atoms with Gasteiger partial charge in [-0.15, -0.1) is 0 Å². The standard InChI is InChI=1S/C16H34.2H3N/c1-6-11-15(10-5)16(12-7-2,13-8-3)14-9-4;;/h15H,6-14H2,1-5H3;2*1H3. The second kappa shape index (κ2) is 13.4. The Morgan fingerprint density at radius 3 is 1.28 bits per heavy atom. The molecule has 2 nitrogen and oxygen atoms in total. The first-order chi connectivity index (χ1) is 7.70. The summed E-state index contributed by atoms with van der Waals surface area (Å²) in [6.07, 6.45) is 12.6. The molecule has 0 aliphatic heterocycles. The molecule has 2 heteroatoms. The second-order valence-electron chi connectivity index (χ2n) is 5.51. The van der Waals surface area contributed by atoms with Crippen molar-refractivity contribution in [2.24, 2.45) is 11.3 Å². The average Bonchev–Trinajstić information content (AvgIpc) is 2.26. The van der Waals surface area contributed by atoms with E-state index < -0.39 is 0 Å². The van der Waals surface area contributed by atoms with Gasteiger partial charge in [-0.2, -0.15) is 0 Å². The minimum atomic E-state index is 0. The molecule has 0 radical (unpaired) electrons. The first-order valence-electron chi connectivity index (χ1n) is 7.70. The molecule has 0 aromatic heterocycles. The van der Waals surface area contributed by atoms with Crippen LogP contribution in [-0.2, 0) is 0 Å². The Balaban J connectivity index is -0.00000112.